The number of fused-ring (bicyclic) bond motifs is 2. The van der Waals surface area contributed by atoms with Crippen molar-refractivity contribution in [2.75, 3.05) is 43.4 Å². The van der Waals surface area contributed by atoms with E-state index in [4.69, 9.17) is 0 Å². The molecule has 0 amide bonds. The van der Waals surface area contributed by atoms with Gasteiger partial charge in [0.2, 0.25) is 0 Å². The van der Waals surface area contributed by atoms with Gasteiger partial charge in [-0.15, -0.1) is 0 Å². The summed E-state index contributed by atoms with van der Waals surface area (Å²) in [6.45, 7) is 5.24. The first-order chi connectivity index (χ1) is 14.3. The van der Waals surface area contributed by atoms with E-state index < -0.39 is 0 Å². The molecule has 8 heteroatoms. The van der Waals surface area contributed by atoms with Gasteiger partial charge in [0, 0.05) is 56.4 Å². The summed E-state index contributed by atoms with van der Waals surface area (Å²) in [6, 6.07) is 9.94. The Morgan fingerprint density at radius 2 is 1.90 bits per heavy atom. The summed E-state index contributed by atoms with van der Waals surface area (Å²) in [6.07, 6.45) is 2.61. The summed E-state index contributed by atoms with van der Waals surface area (Å²) in [7, 11) is 0. The Labute approximate surface area is 173 Å². The molecule has 0 atom stereocenters. The minimum Gasteiger partial charge on any atom is -0.353 e. The molecule has 2 aromatic heterocycles. The van der Waals surface area contributed by atoms with Gasteiger partial charge in [-0.3, -0.25) is 9.69 Å². The van der Waals surface area contributed by atoms with E-state index in [0.717, 1.165) is 78.6 Å². The molecular formula is C21H24N6OS. The Kier molecular flexibility index (Phi) is 5.20. The van der Waals surface area contributed by atoms with Crippen molar-refractivity contribution in [3.05, 3.63) is 58.3 Å². The monoisotopic (exact) mass is 408 g/mol. The van der Waals surface area contributed by atoms with Gasteiger partial charge in [-0.05, 0) is 23.4 Å². The van der Waals surface area contributed by atoms with Gasteiger partial charge in [-0.1, -0.05) is 12.1 Å². The molecule has 0 N–H and O–H groups in total. The molecule has 7 nitrogen and oxygen atoms in total. The average molecular weight is 409 g/mol. The second kappa shape index (κ2) is 8.12. The lowest BCUT2D eigenvalue weighted by Gasteiger charge is -2.35. The fourth-order valence-corrected chi connectivity index (χ4v) is 5.03. The van der Waals surface area contributed by atoms with Crippen LogP contribution < -0.4 is 10.5 Å². The number of aryl methyl sites for hydroxylation is 1. The molecule has 0 aliphatic carbocycles. The van der Waals surface area contributed by atoms with Crippen molar-refractivity contribution in [1.29, 1.82) is 0 Å². The minimum atomic E-state index is 0.0253. The summed E-state index contributed by atoms with van der Waals surface area (Å²) < 4.78 is 1.65. The molecule has 1 fully saturated rings. The second-order valence-electron chi connectivity index (χ2n) is 7.52. The number of benzene rings is 1. The number of nitrogens with zero attached hydrogens (tertiary/aromatic N) is 6. The van der Waals surface area contributed by atoms with E-state index in [1.54, 1.807) is 17.1 Å². The number of piperazine rings is 1. The van der Waals surface area contributed by atoms with Crippen LogP contribution in [-0.4, -0.2) is 63.1 Å². The molecule has 4 heterocycles. The molecule has 29 heavy (non-hydrogen) atoms. The van der Waals surface area contributed by atoms with Crippen LogP contribution in [0.15, 0.2) is 41.5 Å². The van der Waals surface area contributed by atoms with Crippen molar-refractivity contribution in [2.45, 2.75) is 18.7 Å². The largest absolute Gasteiger partial charge is 0.353 e. The predicted octanol–water partition coefficient (Wildman–Crippen LogP) is 1.80. The molecule has 5 rings (SSSR count). The Balaban J connectivity index is 1.22. The fraction of sp³-hybridized carbons (Fsp3) is 0.429. The zero-order valence-electron chi connectivity index (χ0n) is 16.3. The number of hydrogen-bond donors (Lipinski definition) is 0. The molecular weight excluding hydrogens is 384 g/mol. The summed E-state index contributed by atoms with van der Waals surface area (Å²) in [5.74, 6) is 3.02. The quantitative estimate of drug-likeness (QED) is 0.652. The van der Waals surface area contributed by atoms with Crippen LogP contribution in [0.2, 0.25) is 0 Å². The topological polar surface area (TPSA) is 67.2 Å². The average Bonchev–Trinajstić information content (AvgIpc) is 2.78. The van der Waals surface area contributed by atoms with Crippen LogP contribution in [0.4, 0.5) is 5.82 Å². The minimum absolute atomic E-state index is 0.0253. The molecule has 3 aromatic rings. The van der Waals surface area contributed by atoms with Crippen LogP contribution in [0.5, 0.6) is 0 Å². The van der Waals surface area contributed by atoms with Crippen LogP contribution >= 0.6 is 11.8 Å². The molecule has 0 spiro atoms. The highest BCUT2D eigenvalue weighted by Gasteiger charge is 2.20. The standard InChI is InChI=1S/C21H24N6OS/c28-20-13-16-14-29-12-5-18(16)24-27(20)11-8-25-6-9-26(10-7-25)21-17-3-1-2-4-19(17)22-15-23-21/h1-4,13,15H,5-12,14H2. The lowest BCUT2D eigenvalue weighted by Crippen LogP contribution is -2.48. The lowest BCUT2D eigenvalue weighted by atomic mass is 10.2. The number of para-hydroxylation sites is 1. The fourth-order valence-electron chi connectivity index (χ4n) is 4.07. The van der Waals surface area contributed by atoms with Crippen LogP contribution in [0.25, 0.3) is 10.9 Å². The molecule has 1 aromatic carbocycles. The predicted molar refractivity (Wildman–Crippen MR) is 117 cm³/mol. The van der Waals surface area contributed by atoms with E-state index in [1.807, 2.05) is 30.0 Å². The van der Waals surface area contributed by atoms with Gasteiger partial charge in [0.25, 0.3) is 5.56 Å². The zero-order valence-corrected chi connectivity index (χ0v) is 17.1. The van der Waals surface area contributed by atoms with Crippen molar-refractivity contribution >= 4 is 28.5 Å². The van der Waals surface area contributed by atoms with Gasteiger partial charge in [0.05, 0.1) is 17.8 Å². The number of thioether (sulfide) groups is 1. The molecule has 0 saturated carbocycles. The number of hydrogen-bond acceptors (Lipinski definition) is 7. The van der Waals surface area contributed by atoms with Crippen molar-refractivity contribution in [3.63, 3.8) is 0 Å². The molecule has 0 unspecified atom stereocenters. The number of aromatic nitrogens is 4. The van der Waals surface area contributed by atoms with E-state index in [2.05, 4.69) is 30.9 Å². The van der Waals surface area contributed by atoms with Gasteiger partial charge in [0.1, 0.15) is 12.1 Å². The van der Waals surface area contributed by atoms with Crippen LogP contribution in [-0.2, 0) is 18.7 Å². The third kappa shape index (κ3) is 3.86. The van der Waals surface area contributed by atoms with Crippen molar-refractivity contribution in [3.8, 4) is 0 Å². The van der Waals surface area contributed by atoms with Gasteiger partial charge in [-0.2, -0.15) is 16.9 Å². The normalized spacial score (nSPS) is 17.4. The summed E-state index contributed by atoms with van der Waals surface area (Å²) in [4.78, 5) is 26.0. The van der Waals surface area contributed by atoms with E-state index in [1.165, 1.54) is 0 Å². The summed E-state index contributed by atoms with van der Waals surface area (Å²) >= 11 is 1.88. The molecule has 150 valence electrons. The summed E-state index contributed by atoms with van der Waals surface area (Å²) in [5, 5.41) is 5.73. The SMILES string of the molecule is O=c1cc2c(nn1CCN1CCN(c3ncnc4ccccc34)CC1)CCSC2. The van der Waals surface area contributed by atoms with Gasteiger partial charge in [0.15, 0.2) is 0 Å². The van der Waals surface area contributed by atoms with Crippen LogP contribution in [0, 0.1) is 0 Å². The third-order valence-electron chi connectivity index (χ3n) is 5.73. The first kappa shape index (κ1) is 18.6. The summed E-state index contributed by atoms with van der Waals surface area (Å²) in [5.41, 5.74) is 3.23. The molecule has 0 bridgehead atoms. The Morgan fingerprint density at radius 3 is 2.79 bits per heavy atom. The van der Waals surface area contributed by atoms with E-state index in [9.17, 15) is 4.79 Å². The maximum absolute atomic E-state index is 12.4. The third-order valence-corrected chi connectivity index (χ3v) is 6.73. The highest BCUT2D eigenvalue weighted by atomic mass is 32.2. The Hall–Kier alpha value is -2.45. The lowest BCUT2D eigenvalue weighted by molar-refractivity contribution is 0.242. The van der Waals surface area contributed by atoms with Crippen molar-refractivity contribution in [1.82, 2.24) is 24.6 Å². The van der Waals surface area contributed by atoms with E-state index >= 15 is 0 Å². The second-order valence-corrected chi connectivity index (χ2v) is 8.63. The van der Waals surface area contributed by atoms with Gasteiger partial charge < -0.3 is 4.90 Å². The van der Waals surface area contributed by atoms with E-state index in [-0.39, 0.29) is 5.56 Å². The van der Waals surface area contributed by atoms with Crippen molar-refractivity contribution in [2.24, 2.45) is 0 Å². The highest BCUT2D eigenvalue weighted by Crippen LogP contribution is 2.23. The smallest absolute Gasteiger partial charge is 0.267 e. The highest BCUT2D eigenvalue weighted by molar-refractivity contribution is 7.98. The van der Waals surface area contributed by atoms with Gasteiger partial charge >= 0.3 is 0 Å². The van der Waals surface area contributed by atoms with Gasteiger partial charge in [-0.25, -0.2) is 14.6 Å². The molecule has 2 aliphatic rings. The van der Waals surface area contributed by atoms with Crippen molar-refractivity contribution < 1.29 is 0 Å². The Bertz CT molecular complexity index is 1070. The number of anilines is 1. The zero-order chi connectivity index (χ0) is 19.6. The maximum atomic E-state index is 12.4. The molecule has 2 aliphatic heterocycles. The molecule has 0 radical (unpaired) electrons. The first-order valence-electron chi connectivity index (χ1n) is 10.1. The molecule has 1 saturated heterocycles. The van der Waals surface area contributed by atoms with Crippen LogP contribution in [0.3, 0.4) is 0 Å². The van der Waals surface area contributed by atoms with Crippen LogP contribution in [0.1, 0.15) is 11.3 Å². The Morgan fingerprint density at radius 1 is 1.03 bits per heavy atom. The number of rotatable bonds is 4. The maximum Gasteiger partial charge on any atom is 0.267 e. The first-order valence-corrected chi connectivity index (χ1v) is 11.3. The van der Waals surface area contributed by atoms with E-state index in [0.29, 0.717) is 6.54 Å².